The monoisotopic (exact) mass is 243 g/mol. The van der Waals surface area contributed by atoms with Gasteiger partial charge in [0.05, 0.1) is 5.56 Å². The van der Waals surface area contributed by atoms with Gasteiger partial charge < -0.3 is 5.73 Å². The van der Waals surface area contributed by atoms with Crippen LogP contribution in [-0.2, 0) is 6.42 Å². The lowest BCUT2D eigenvalue weighted by Gasteiger charge is -2.08. The van der Waals surface area contributed by atoms with Crippen LogP contribution >= 0.6 is 0 Å². The fourth-order valence-electron chi connectivity index (χ4n) is 1.40. The third-order valence-electron chi connectivity index (χ3n) is 2.33. The summed E-state index contributed by atoms with van der Waals surface area (Å²) in [7, 11) is 1.50. The number of nitrogens with two attached hydrogens (primary N) is 1. The average molecular weight is 243 g/mol. The van der Waals surface area contributed by atoms with Crippen LogP contribution in [0.15, 0.2) is 12.1 Å². The second-order valence-electron chi connectivity index (χ2n) is 3.98. The first-order valence-corrected chi connectivity index (χ1v) is 5.56. The zero-order valence-electron chi connectivity index (χ0n) is 10.5. The highest BCUT2D eigenvalue weighted by Gasteiger charge is 2.12. The lowest BCUT2D eigenvalue weighted by Crippen LogP contribution is -2.01. The van der Waals surface area contributed by atoms with Crippen molar-refractivity contribution < 1.29 is 13.6 Å². The summed E-state index contributed by atoms with van der Waals surface area (Å²) in [5.41, 5.74) is 4.94. The third-order valence-corrected chi connectivity index (χ3v) is 2.33. The van der Waals surface area contributed by atoms with E-state index in [4.69, 9.17) is 0 Å². The number of aldehydes is 1. The van der Waals surface area contributed by atoms with Crippen molar-refractivity contribution in [3.8, 4) is 0 Å². The first-order chi connectivity index (χ1) is 8.06. The molecule has 0 amide bonds. The van der Waals surface area contributed by atoms with Crippen LogP contribution in [-0.4, -0.2) is 13.3 Å². The van der Waals surface area contributed by atoms with Gasteiger partial charge in [0.25, 0.3) is 0 Å². The number of benzene rings is 1. The Labute approximate surface area is 101 Å². The number of hydrogen-bond acceptors (Lipinski definition) is 2. The highest BCUT2D eigenvalue weighted by Crippen LogP contribution is 2.18. The molecule has 0 aliphatic heterocycles. The van der Waals surface area contributed by atoms with E-state index in [-0.39, 0.29) is 5.56 Å². The minimum atomic E-state index is -1.04. The molecular formula is C13H19F2NO. The Morgan fingerprint density at radius 3 is 2.35 bits per heavy atom. The Morgan fingerprint density at radius 1 is 1.29 bits per heavy atom. The van der Waals surface area contributed by atoms with Crippen LogP contribution in [0.3, 0.4) is 0 Å². The second kappa shape index (κ2) is 7.90. The van der Waals surface area contributed by atoms with Gasteiger partial charge >= 0.3 is 0 Å². The minimum Gasteiger partial charge on any atom is -0.333 e. The van der Waals surface area contributed by atoms with Crippen molar-refractivity contribution in [2.24, 2.45) is 11.7 Å². The number of carbonyl (C=O) groups excluding carboxylic acids is 1. The van der Waals surface area contributed by atoms with Crippen molar-refractivity contribution in [3.05, 3.63) is 34.9 Å². The third kappa shape index (κ3) is 4.61. The highest BCUT2D eigenvalue weighted by molar-refractivity contribution is 5.77. The molecule has 0 unspecified atom stereocenters. The van der Waals surface area contributed by atoms with Crippen LogP contribution < -0.4 is 5.73 Å². The van der Waals surface area contributed by atoms with Gasteiger partial charge in [-0.3, -0.25) is 4.79 Å². The van der Waals surface area contributed by atoms with Crippen molar-refractivity contribution in [2.75, 3.05) is 7.05 Å². The van der Waals surface area contributed by atoms with Gasteiger partial charge in [-0.15, -0.1) is 0 Å². The van der Waals surface area contributed by atoms with Gasteiger partial charge in [-0.05, 0) is 37.4 Å². The summed E-state index contributed by atoms with van der Waals surface area (Å²) in [5, 5.41) is 0. The molecule has 17 heavy (non-hydrogen) atoms. The topological polar surface area (TPSA) is 43.1 Å². The number of halogens is 2. The van der Waals surface area contributed by atoms with Crippen LogP contribution in [0.2, 0.25) is 0 Å². The molecule has 0 saturated heterocycles. The van der Waals surface area contributed by atoms with Crippen molar-refractivity contribution >= 4 is 6.29 Å². The summed E-state index contributed by atoms with van der Waals surface area (Å²) in [6.45, 7) is 4.08. The van der Waals surface area contributed by atoms with Gasteiger partial charge in [0.15, 0.2) is 17.9 Å². The molecule has 0 saturated carbocycles. The molecule has 0 bridgehead atoms. The van der Waals surface area contributed by atoms with E-state index in [1.54, 1.807) is 0 Å². The van der Waals surface area contributed by atoms with Crippen LogP contribution in [0.1, 0.15) is 36.2 Å². The van der Waals surface area contributed by atoms with Gasteiger partial charge in [-0.1, -0.05) is 19.9 Å². The summed E-state index contributed by atoms with van der Waals surface area (Å²) >= 11 is 0. The second-order valence-corrected chi connectivity index (χ2v) is 3.98. The molecule has 0 radical (unpaired) electrons. The van der Waals surface area contributed by atoms with Crippen molar-refractivity contribution in [3.63, 3.8) is 0 Å². The molecule has 1 aromatic carbocycles. The molecule has 4 heteroatoms. The smallest absolute Gasteiger partial charge is 0.169 e. The van der Waals surface area contributed by atoms with Crippen molar-refractivity contribution in [2.45, 2.75) is 26.7 Å². The zero-order valence-corrected chi connectivity index (χ0v) is 10.5. The van der Waals surface area contributed by atoms with Crippen LogP contribution in [0.5, 0.6) is 0 Å². The van der Waals surface area contributed by atoms with Crippen molar-refractivity contribution in [1.82, 2.24) is 0 Å². The summed E-state index contributed by atoms with van der Waals surface area (Å²) in [6.07, 6.45) is 1.84. The molecule has 1 aromatic rings. The molecule has 0 spiro atoms. The Kier molecular flexibility index (Phi) is 7.30. The molecule has 2 N–H and O–H groups in total. The maximum Gasteiger partial charge on any atom is 0.169 e. The first-order valence-electron chi connectivity index (χ1n) is 5.56. The summed E-state index contributed by atoms with van der Waals surface area (Å²) in [4.78, 5) is 10.6. The molecule has 2 nitrogen and oxygen atoms in total. The summed E-state index contributed by atoms with van der Waals surface area (Å²) < 4.78 is 26.0. The number of rotatable bonds is 4. The van der Waals surface area contributed by atoms with Gasteiger partial charge in [-0.25, -0.2) is 8.78 Å². The predicted octanol–water partition coefficient (Wildman–Crippen LogP) is 2.94. The molecule has 96 valence electrons. The van der Waals surface area contributed by atoms with E-state index < -0.39 is 11.6 Å². The van der Waals surface area contributed by atoms with Gasteiger partial charge in [-0.2, -0.15) is 0 Å². The first kappa shape index (κ1) is 15.7. The lowest BCUT2D eigenvalue weighted by atomic mass is 9.98. The predicted molar refractivity (Wildman–Crippen MR) is 65.0 cm³/mol. The maximum absolute atomic E-state index is 13.2. The van der Waals surface area contributed by atoms with Crippen LogP contribution in [0, 0.1) is 17.6 Å². The van der Waals surface area contributed by atoms with E-state index in [1.807, 2.05) is 13.8 Å². The zero-order chi connectivity index (χ0) is 13.4. The molecule has 0 aliphatic rings. The Bertz CT molecular complexity index is 365. The maximum atomic E-state index is 13.2. The summed E-state index contributed by atoms with van der Waals surface area (Å²) in [5.74, 6) is -1.53. The van der Waals surface area contributed by atoms with E-state index in [9.17, 15) is 13.6 Å². The fraction of sp³-hybridized carbons (Fsp3) is 0.462. The van der Waals surface area contributed by atoms with E-state index in [0.29, 0.717) is 24.2 Å². The lowest BCUT2D eigenvalue weighted by molar-refractivity contribution is 0.111. The Hall–Kier alpha value is -1.29. The molecule has 0 aliphatic carbocycles. The highest BCUT2D eigenvalue weighted by atomic mass is 19.2. The molecule has 1 rings (SSSR count). The fourth-order valence-corrected chi connectivity index (χ4v) is 1.40. The standard InChI is InChI=1S/C12H14F2O.CH5N/c1-8(2)3-4-9-5-6-11(13)12(14)10(9)7-15;1-2/h5-8H,3-4H2,1-2H3;2H2,1H3. The quantitative estimate of drug-likeness (QED) is 0.826. The van der Waals surface area contributed by atoms with Crippen LogP contribution in [0.4, 0.5) is 8.78 Å². The van der Waals surface area contributed by atoms with E-state index >= 15 is 0 Å². The molecule has 0 atom stereocenters. The SMILES string of the molecule is CC(C)CCc1ccc(F)c(F)c1C=O.CN. The molecule has 0 fully saturated rings. The minimum absolute atomic E-state index is 0.143. The largest absolute Gasteiger partial charge is 0.333 e. The van der Waals surface area contributed by atoms with Crippen LogP contribution in [0.25, 0.3) is 0 Å². The van der Waals surface area contributed by atoms with Gasteiger partial charge in [0.1, 0.15) is 0 Å². The number of hydrogen-bond donors (Lipinski definition) is 1. The average Bonchev–Trinajstić information content (AvgIpc) is 2.33. The van der Waals surface area contributed by atoms with E-state index in [1.165, 1.54) is 13.1 Å². The van der Waals surface area contributed by atoms with E-state index in [2.05, 4.69) is 5.73 Å². The normalized spacial score (nSPS) is 9.82. The van der Waals surface area contributed by atoms with Gasteiger partial charge in [0, 0.05) is 0 Å². The molecule has 0 aromatic heterocycles. The Morgan fingerprint density at radius 2 is 1.88 bits per heavy atom. The Balaban J connectivity index is 0.00000121. The molecular weight excluding hydrogens is 224 g/mol. The van der Waals surface area contributed by atoms with E-state index in [0.717, 1.165) is 12.5 Å². The number of aryl methyl sites for hydroxylation is 1. The van der Waals surface area contributed by atoms with Crippen molar-refractivity contribution in [1.29, 1.82) is 0 Å². The summed E-state index contributed by atoms with van der Waals surface area (Å²) in [6, 6.07) is 2.54. The number of carbonyl (C=O) groups is 1. The molecule has 0 heterocycles. The van der Waals surface area contributed by atoms with Gasteiger partial charge in [0.2, 0.25) is 0 Å².